The molecule has 0 saturated heterocycles. The standard InChI is InChI=1S/C20H23ClN4OS/c1-4-26-16-11-9-15(10-12-16)13-23(2)14-25-20(27)24(3)19(22-25)17-7-5-6-8-18(17)21/h5-12H,4,13-14H2,1-3H3. The van der Waals surface area contributed by atoms with Crippen molar-refractivity contribution in [3.63, 3.8) is 0 Å². The molecule has 0 radical (unpaired) electrons. The van der Waals surface area contributed by atoms with Crippen LogP contribution in [0.3, 0.4) is 0 Å². The van der Waals surface area contributed by atoms with Crippen molar-refractivity contribution in [1.29, 1.82) is 0 Å². The summed E-state index contributed by atoms with van der Waals surface area (Å²) in [6, 6.07) is 15.8. The highest BCUT2D eigenvalue weighted by Crippen LogP contribution is 2.26. The van der Waals surface area contributed by atoms with Crippen molar-refractivity contribution in [3.8, 4) is 17.1 Å². The van der Waals surface area contributed by atoms with Crippen LogP contribution in [0.4, 0.5) is 0 Å². The van der Waals surface area contributed by atoms with Crippen LogP contribution in [0.5, 0.6) is 5.75 Å². The zero-order chi connectivity index (χ0) is 19.4. The number of rotatable bonds is 7. The summed E-state index contributed by atoms with van der Waals surface area (Å²) in [4.78, 5) is 2.16. The smallest absolute Gasteiger partial charge is 0.199 e. The third-order valence-electron chi connectivity index (χ3n) is 4.22. The molecule has 0 aliphatic rings. The second-order valence-electron chi connectivity index (χ2n) is 6.38. The molecule has 0 unspecified atom stereocenters. The maximum Gasteiger partial charge on any atom is 0.199 e. The van der Waals surface area contributed by atoms with Gasteiger partial charge in [-0.25, -0.2) is 4.68 Å². The molecule has 1 aromatic heterocycles. The lowest BCUT2D eigenvalue weighted by molar-refractivity contribution is 0.244. The zero-order valence-electron chi connectivity index (χ0n) is 15.7. The van der Waals surface area contributed by atoms with Crippen molar-refractivity contribution in [2.24, 2.45) is 7.05 Å². The average Bonchev–Trinajstić information content (AvgIpc) is 2.92. The van der Waals surface area contributed by atoms with E-state index in [-0.39, 0.29) is 0 Å². The van der Waals surface area contributed by atoms with E-state index in [4.69, 9.17) is 28.6 Å². The number of ether oxygens (including phenoxy) is 1. The molecule has 27 heavy (non-hydrogen) atoms. The maximum absolute atomic E-state index is 6.32. The van der Waals surface area contributed by atoms with Crippen LogP contribution in [0.2, 0.25) is 5.02 Å². The first-order valence-corrected chi connectivity index (χ1v) is 9.57. The van der Waals surface area contributed by atoms with Gasteiger partial charge in [-0.05, 0) is 56.0 Å². The van der Waals surface area contributed by atoms with Gasteiger partial charge in [-0.3, -0.25) is 4.90 Å². The van der Waals surface area contributed by atoms with E-state index in [0.717, 1.165) is 23.7 Å². The fourth-order valence-electron chi connectivity index (χ4n) is 2.91. The Hall–Kier alpha value is -2.15. The Labute approximate surface area is 169 Å². The normalized spacial score (nSPS) is 11.1. The van der Waals surface area contributed by atoms with E-state index < -0.39 is 0 Å². The van der Waals surface area contributed by atoms with Gasteiger partial charge in [-0.2, -0.15) is 5.10 Å². The van der Waals surface area contributed by atoms with Crippen molar-refractivity contribution in [2.45, 2.75) is 20.1 Å². The molecule has 0 fully saturated rings. The number of hydrogen-bond donors (Lipinski definition) is 0. The number of aromatic nitrogens is 3. The van der Waals surface area contributed by atoms with Gasteiger partial charge >= 0.3 is 0 Å². The summed E-state index contributed by atoms with van der Waals surface area (Å²) in [6.45, 7) is 4.02. The highest BCUT2D eigenvalue weighted by Gasteiger charge is 2.13. The largest absolute Gasteiger partial charge is 0.494 e. The third kappa shape index (κ3) is 4.58. The third-order valence-corrected chi connectivity index (χ3v) is 5.03. The lowest BCUT2D eigenvalue weighted by atomic mass is 10.2. The van der Waals surface area contributed by atoms with E-state index in [0.29, 0.717) is 23.1 Å². The van der Waals surface area contributed by atoms with Crippen LogP contribution < -0.4 is 4.74 Å². The molecule has 0 saturated carbocycles. The molecule has 0 aliphatic heterocycles. The number of nitrogens with zero attached hydrogens (tertiary/aromatic N) is 4. The van der Waals surface area contributed by atoms with Gasteiger partial charge in [0.1, 0.15) is 5.75 Å². The molecule has 2 aromatic carbocycles. The van der Waals surface area contributed by atoms with E-state index in [1.165, 1.54) is 5.56 Å². The molecule has 5 nitrogen and oxygen atoms in total. The van der Waals surface area contributed by atoms with Crippen LogP contribution in [-0.4, -0.2) is 32.9 Å². The van der Waals surface area contributed by atoms with Crippen molar-refractivity contribution < 1.29 is 4.74 Å². The van der Waals surface area contributed by atoms with Crippen molar-refractivity contribution in [2.75, 3.05) is 13.7 Å². The monoisotopic (exact) mass is 402 g/mol. The van der Waals surface area contributed by atoms with Gasteiger partial charge < -0.3 is 9.30 Å². The summed E-state index contributed by atoms with van der Waals surface area (Å²) in [7, 11) is 3.96. The molecule has 3 aromatic rings. The summed E-state index contributed by atoms with van der Waals surface area (Å²) < 4.78 is 9.86. The maximum atomic E-state index is 6.32. The second-order valence-corrected chi connectivity index (χ2v) is 7.15. The summed E-state index contributed by atoms with van der Waals surface area (Å²) in [5, 5.41) is 5.35. The summed E-state index contributed by atoms with van der Waals surface area (Å²) >= 11 is 11.9. The Morgan fingerprint density at radius 1 is 1.15 bits per heavy atom. The first-order chi connectivity index (χ1) is 13.0. The van der Waals surface area contributed by atoms with E-state index in [2.05, 4.69) is 22.1 Å². The van der Waals surface area contributed by atoms with Gasteiger partial charge in [0.15, 0.2) is 10.6 Å². The van der Waals surface area contributed by atoms with Crippen LogP contribution in [0, 0.1) is 4.77 Å². The Bertz CT molecular complexity index is 965. The molecule has 142 valence electrons. The van der Waals surface area contributed by atoms with E-state index in [1.54, 1.807) is 0 Å². The predicted octanol–water partition coefficient (Wildman–Crippen LogP) is 4.76. The first-order valence-electron chi connectivity index (χ1n) is 8.78. The van der Waals surface area contributed by atoms with Gasteiger partial charge in [-0.15, -0.1) is 0 Å². The Balaban J connectivity index is 1.75. The number of benzene rings is 2. The fourth-order valence-corrected chi connectivity index (χ4v) is 3.31. The number of halogens is 1. The highest BCUT2D eigenvalue weighted by molar-refractivity contribution is 7.71. The molecule has 0 spiro atoms. The Morgan fingerprint density at radius 2 is 1.85 bits per heavy atom. The van der Waals surface area contributed by atoms with Gasteiger partial charge in [0, 0.05) is 19.2 Å². The fraction of sp³-hybridized carbons (Fsp3) is 0.300. The van der Waals surface area contributed by atoms with E-state index in [1.807, 2.05) is 66.7 Å². The molecule has 7 heteroatoms. The molecule has 0 atom stereocenters. The topological polar surface area (TPSA) is 35.2 Å². The first kappa shape index (κ1) is 19.6. The van der Waals surface area contributed by atoms with Gasteiger partial charge in [0.2, 0.25) is 0 Å². The van der Waals surface area contributed by atoms with Crippen molar-refractivity contribution in [3.05, 3.63) is 63.9 Å². The molecule has 0 amide bonds. The average molecular weight is 403 g/mol. The lowest BCUT2D eigenvalue weighted by Gasteiger charge is -2.16. The summed E-state index contributed by atoms with van der Waals surface area (Å²) in [6.07, 6.45) is 0. The van der Waals surface area contributed by atoms with Crippen LogP contribution >= 0.6 is 23.8 Å². The minimum atomic E-state index is 0.588. The van der Waals surface area contributed by atoms with Gasteiger partial charge in [0.05, 0.1) is 18.3 Å². The van der Waals surface area contributed by atoms with Crippen LogP contribution in [0.15, 0.2) is 48.5 Å². The van der Waals surface area contributed by atoms with Crippen LogP contribution in [-0.2, 0) is 20.3 Å². The second kappa shape index (κ2) is 8.69. The molecule has 1 heterocycles. The van der Waals surface area contributed by atoms with Gasteiger partial charge in [-0.1, -0.05) is 35.9 Å². The molecule has 3 rings (SSSR count). The quantitative estimate of drug-likeness (QED) is 0.534. The lowest BCUT2D eigenvalue weighted by Crippen LogP contribution is -2.22. The Morgan fingerprint density at radius 3 is 2.52 bits per heavy atom. The van der Waals surface area contributed by atoms with Crippen molar-refractivity contribution in [1.82, 2.24) is 19.2 Å². The van der Waals surface area contributed by atoms with Crippen LogP contribution in [0.1, 0.15) is 12.5 Å². The van der Waals surface area contributed by atoms with Crippen LogP contribution in [0.25, 0.3) is 11.4 Å². The summed E-state index contributed by atoms with van der Waals surface area (Å²) in [5.41, 5.74) is 2.08. The van der Waals surface area contributed by atoms with Crippen molar-refractivity contribution >= 4 is 23.8 Å². The minimum Gasteiger partial charge on any atom is -0.494 e. The predicted molar refractivity (Wildman–Crippen MR) is 112 cm³/mol. The van der Waals surface area contributed by atoms with E-state index in [9.17, 15) is 0 Å². The molecular weight excluding hydrogens is 380 g/mol. The number of hydrogen-bond acceptors (Lipinski definition) is 4. The Kier molecular flexibility index (Phi) is 6.31. The molecule has 0 bridgehead atoms. The van der Waals surface area contributed by atoms with E-state index >= 15 is 0 Å². The SMILES string of the molecule is CCOc1ccc(CN(C)Cn2nc(-c3ccccc3Cl)n(C)c2=S)cc1. The zero-order valence-corrected chi connectivity index (χ0v) is 17.3. The summed E-state index contributed by atoms with van der Waals surface area (Å²) in [5.74, 6) is 1.65. The molecular formula is C20H23ClN4OS. The van der Waals surface area contributed by atoms with Gasteiger partial charge in [0.25, 0.3) is 0 Å². The molecule has 0 aliphatic carbocycles. The molecule has 0 N–H and O–H groups in total. The highest BCUT2D eigenvalue weighted by atomic mass is 35.5. The minimum absolute atomic E-state index is 0.588.